The van der Waals surface area contributed by atoms with Crippen molar-refractivity contribution in [1.82, 2.24) is 0 Å². The molecule has 0 heterocycles. The van der Waals surface area contributed by atoms with Crippen LogP contribution in [0.25, 0.3) is 0 Å². The van der Waals surface area contributed by atoms with E-state index in [-0.39, 0.29) is 35.5 Å². The second-order valence-electron chi connectivity index (χ2n) is 5.72. The summed E-state index contributed by atoms with van der Waals surface area (Å²) in [5.74, 6) is 0. The number of anilines is 5. The van der Waals surface area contributed by atoms with Crippen molar-refractivity contribution in [3.05, 3.63) is 115 Å². The molecule has 0 aromatic heterocycles. The summed E-state index contributed by atoms with van der Waals surface area (Å²) in [4.78, 5) is 1.79. The Morgan fingerprint density at radius 1 is 0.577 bits per heavy atom. The first-order valence-corrected chi connectivity index (χ1v) is 8.40. The zero-order valence-corrected chi connectivity index (χ0v) is 14.1. The third kappa shape index (κ3) is 3.60. The van der Waals surface area contributed by atoms with Crippen LogP contribution in [0.4, 0.5) is 28.4 Å². The van der Waals surface area contributed by atoms with Gasteiger partial charge in [-0.3, -0.25) is 0 Å². The summed E-state index contributed by atoms with van der Waals surface area (Å²) >= 11 is 0. The smallest absolute Gasteiger partial charge is 0.0667 e. The Kier molecular flexibility index (Phi) is 3.48. The lowest BCUT2D eigenvalue weighted by atomic mass is 10.1. The molecule has 126 valence electrons. The Morgan fingerprint density at radius 3 is 1.69 bits per heavy atom. The van der Waals surface area contributed by atoms with Gasteiger partial charge in [0.2, 0.25) is 0 Å². The van der Waals surface area contributed by atoms with Crippen molar-refractivity contribution in [2.45, 2.75) is 0 Å². The van der Waals surface area contributed by atoms with Crippen LogP contribution in [0.2, 0.25) is 0 Å². The van der Waals surface area contributed by atoms with E-state index >= 15 is 0 Å². The molecule has 0 amide bonds. The van der Waals surface area contributed by atoms with Crippen molar-refractivity contribution in [2.24, 2.45) is 0 Å². The minimum atomic E-state index is -0.226. The largest absolute Gasteiger partial charge is 0.355 e. The molecule has 0 fully saturated rings. The summed E-state index contributed by atoms with van der Waals surface area (Å²) in [6.45, 7) is 0. The molecule has 0 aliphatic carbocycles. The van der Waals surface area contributed by atoms with E-state index < -0.39 is 0 Å². The van der Waals surface area contributed by atoms with Gasteiger partial charge in [-0.2, -0.15) is 0 Å². The summed E-state index contributed by atoms with van der Waals surface area (Å²) in [5, 5.41) is 3.10. The third-order valence-electron chi connectivity index (χ3n) is 3.91. The fourth-order valence-electron chi connectivity index (χ4n) is 2.74. The minimum Gasteiger partial charge on any atom is -0.355 e. The molecule has 0 aliphatic rings. The Hall–Kier alpha value is -3.52. The van der Waals surface area contributed by atoms with Crippen LogP contribution < -0.4 is 10.2 Å². The average Bonchev–Trinajstić information content (AvgIpc) is 2.80. The lowest BCUT2D eigenvalue weighted by Gasteiger charge is -2.26. The Labute approximate surface area is 160 Å². The SMILES string of the molecule is [2H]c1c([2H])c(Nc2ccccc2)c([2H])c(N(c2ccccc2)c2ccccc2)c1[2H]. The molecule has 0 unspecified atom stereocenters. The van der Waals surface area contributed by atoms with Crippen LogP contribution in [-0.4, -0.2) is 0 Å². The zero-order valence-electron chi connectivity index (χ0n) is 18.1. The maximum atomic E-state index is 8.88. The lowest BCUT2D eigenvalue weighted by molar-refractivity contribution is 1.28. The quantitative estimate of drug-likeness (QED) is 0.425. The molecule has 1 N–H and O–H groups in total. The van der Waals surface area contributed by atoms with E-state index in [2.05, 4.69) is 5.32 Å². The van der Waals surface area contributed by atoms with Crippen LogP contribution in [0, 0.1) is 0 Å². The van der Waals surface area contributed by atoms with Gasteiger partial charge in [0.15, 0.2) is 0 Å². The molecule has 0 spiro atoms. The fraction of sp³-hybridized carbons (Fsp3) is 0. The molecular weight excluding hydrogens is 316 g/mol. The standard InChI is InChI=1S/C24H20N2/c1-4-11-20(12-5-1)25-21-13-10-18-24(19-21)26(22-14-6-2-7-15-22)23-16-8-3-9-17-23/h1-19,25H/i10D,13D,18D,19D. The van der Waals surface area contributed by atoms with Crippen LogP contribution in [-0.2, 0) is 0 Å². The molecule has 4 aromatic carbocycles. The van der Waals surface area contributed by atoms with Crippen molar-refractivity contribution in [3.8, 4) is 0 Å². The second kappa shape index (κ2) is 7.58. The van der Waals surface area contributed by atoms with E-state index in [1.807, 2.05) is 91.0 Å². The first-order chi connectivity index (χ1) is 14.6. The van der Waals surface area contributed by atoms with Gasteiger partial charge in [0.05, 0.1) is 5.48 Å². The highest BCUT2D eigenvalue weighted by Gasteiger charge is 2.12. The Bertz CT molecular complexity index is 1110. The van der Waals surface area contributed by atoms with E-state index in [0.29, 0.717) is 5.69 Å². The lowest BCUT2D eigenvalue weighted by Crippen LogP contribution is -2.09. The van der Waals surface area contributed by atoms with Crippen LogP contribution in [0.3, 0.4) is 0 Å². The van der Waals surface area contributed by atoms with E-state index in [4.69, 9.17) is 5.48 Å². The molecule has 2 heteroatoms. The molecule has 2 nitrogen and oxygen atoms in total. The highest BCUT2D eigenvalue weighted by atomic mass is 15.1. The summed E-state index contributed by atoms with van der Waals surface area (Å²) in [7, 11) is 0. The molecular formula is C24H20N2. The molecule has 26 heavy (non-hydrogen) atoms. The number of rotatable bonds is 5. The van der Waals surface area contributed by atoms with Crippen molar-refractivity contribution in [2.75, 3.05) is 10.2 Å². The first-order valence-electron chi connectivity index (χ1n) is 10.4. The highest BCUT2D eigenvalue weighted by Crippen LogP contribution is 2.35. The molecule has 0 bridgehead atoms. The van der Waals surface area contributed by atoms with Gasteiger partial charge in [-0.05, 0) is 54.5 Å². The first kappa shape index (κ1) is 11.9. The summed E-state index contributed by atoms with van der Waals surface area (Å²) in [6, 6.07) is 27.7. The third-order valence-corrected chi connectivity index (χ3v) is 3.91. The second-order valence-corrected chi connectivity index (χ2v) is 5.72. The topological polar surface area (TPSA) is 15.3 Å². The van der Waals surface area contributed by atoms with Gasteiger partial charge < -0.3 is 10.2 Å². The summed E-state index contributed by atoms with van der Waals surface area (Å²) in [6.07, 6.45) is 0. The van der Waals surface area contributed by atoms with Crippen molar-refractivity contribution in [3.63, 3.8) is 0 Å². The van der Waals surface area contributed by atoms with Crippen molar-refractivity contribution < 1.29 is 5.48 Å². The predicted molar refractivity (Wildman–Crippen MR) is 111 cm³/mol. The average molecular weight is 340 g/mol. The monoisotopic (exact) mass is 340 g/mol. The van der Waals surface area contributed by atoms with Crippen LogP contribution in [0.1, 0.15) is 5.48 Å². The van der Waals surface area contributed by atoms with E-state index in [1.54, 1.807) is 4.90 Å². The summed E-state index contributed by atoms with van der Waals surface area (Å²) < 4.78 is 34.2. The van der Waals surface area contributed by atoms with Crippen LogP contribution in [0.5, 0.6) is 0 Å². The molecule has 0 atom stereocenters. The van der Waals surface area contributed by atoms with Gasteiger partial charge in [0, 0.05) is 28.4 Å². The van der Waals surface area contributed by atoms with Gasteiger partial charge in [-0.15, -0.1) is 0 Å². The maximum absolute atomic E-state index is 8.88. The zero-order chi connectivity index (χ0) is 21.1. The van der Waals surface area contributed by atoms with Gasteiger partial charge in [0.1, 0.15) is 0 Å². The predicted octanol–water partition coefficient (Wildman–Crippen LogP) is 6.90. The van der Waals surface area contributed by atoms with E-state index in [1.165, 1.54) is 0 Å². The Morgan fingerprint density at radius 2 is 1.12 bits per heavy atom. The molecule has 0 saturated heterocycles. The number of nitrogens with zero attached hydrogens (tertiary/aromatic N) is 1. The maximum Gasteiger partial charge on any atom is 0.0667 e. The number of para-hydroxylation sites is 3. The van der Waals surface area contributed by atoms with E-state index in [9.17, 15) is 0 Å². The fourth-order valence-corrected chi connectivity index (χ4v) is 2.74. The minimum absolute atomic E-state index is 0.00226. The van der Waals surface area contributed by atoms with Gasteiger partial charge in [-0.1, -0.05) is 60.6 Å². The molecule has 0 saturated carbocycles. The van der Waals surface area contributed by atoms with E-state index in [0.717, 1.165) is 11.4 Å². The van der Waals surface area contributed by atoms with Crippen LogP contribution >= 0.6 is 0 Å². The number of hydrogen-bond donors (Lipinski definition) is 1. The van der Waals surface area contributed by atoms with Gasteiger partial charge >= 0.3 is 0 Å². The summed E-state index contributed by atoms with van der Waals surface area (Å²) in [5.41, 5.74) is 2.72. The molecule has 0 aliphatic heterocycles. The van der Waals surface area contributed by atoms with Crippen molar-refractivity contribution >= 4 is 28.4 Å². The number of nitrogens with one attached hydrogen (secondary N) is 1. The van der Waals surface area contributed by atoms with Gasteiger partial charge in [-0.25, -0.2) is 0 Å². The highest BCUT2D eigenvalue weighted by molar-refractivity contribution is 5.78. The normalized spacial score (nSPS) is 12.5. The molecule has 4 rings (SSSR count). The Balaban J connectivity index is 1.95. The molecule has 0 radical (unpaired) electrons. The van der Waals surface area contributed by atoms with Crippen molar-refractivity contribution in [1.29, 1.82) is 0 Å². The number of hydrogen-bond acceptors (Lipinski definition) is 2. The number of benzene rings is 4. The van der Waals surface area contributed by atoms with Gasteiger partial charge in [0.25, 0.3) is 0 Å². The molecule has 4 aromatic rings. The van der Waals surface area contributed by atoms with Crippen LogP contribution in [0.15, 0.2) is 115 Å².